The van der Waals surface area contributed by atoms with E-state index in [9.17, 15) is 4.79 Å². The highest BCUT2D eigenvalue weighted by molar-refractivity contribution is 5.90. The van der Waals surface area contributed by atoms with Crippen molar-refractivity contribution in [1.82, 2.24) is 20.3 Å². The van der Waals surface area contributed by atoms with Crippen molar-refractivity contribution in [3.05, 3.63) is 18.5 Å². The summed E-state index contributed by atoms with van der Waals surface area (Å²) in [5, 5.41) is 3.61. The molecule has 0 atom stereocenters. The fourth-order valence-corrected chi connectivity index (χ4v) is 1.91. The molecule has 1 amide bonds. The van der Waals surface area contributed by atoms with Gasteiger partial charge < -0.3 is 16.0 Å². The smallest absolute Gasteiger partial charge is 0.239 e. The Bertz CT molecular complexity index is 627. The number of rotatable bonds is 4. The molecule has 0 fully saturated rings. The summed E-state index contributed by atoms with van der Waals surface area (Å²) < 4.78 is 0. The van der Waals surface area contributed by atoms with Crippen LogP contribution in [0.2, 0.25) is 0 Å². The number of anilines is 2. The number of nitrogens with zero attached hydrogens (tertiary/aromatic N) is 4. The summed E-state index contributed by atoms with van der Waals surface area (Å²) in [5.74, 6) is 1.00. The summed E-state index contributed by atoms with van der Waals surface area (Å²) >= 11 is 0. The lowest BCUT2D eigenvalue weighted by Gasteiger charge is -2.19. The number of fused-ring (bicyclic) bond motifs is 1. The Morgan fingerprint density at radius 3 is 2.85 bits per heavy atom. The van der Waals surface area contributed by atoms with Crippen molar-refractivity contribution >= 4 is 28.6 Å². The van der Waals surface area contributed by atoms with Crippen LogP contribution in [-0.2, 0) is 4.79 Å². The zero-order chi connectivity index (χ0) is 14.7. The largest absolute Gasteiger partial charge is 0.384 e. The van der Waals surface area contributed by atoms with Crippen LogP contribution in [0.4, 0.5) is 11.6 Å². The molecule has 7 heteroatoms. The molecule has 0 aliphatic rings. The van der Waals surface area contributed by atoms with Gasteiger partial charge in [-0.2, -0.15) is 0 Å². The minimum atomic E-state index is -0.0577. The summed E-state index contributed by atoms with van der Waals surface area (Å²) in [5.41, 5.74) is 6.16. The Hall–Kier alpha value is -2.44. The number of nitrogens with two attached hydrogens (primary N) is 1. The molecule has 0 unspecified atom stereocenters. The first kappa shape index (κ1) is 14.0. The second-order valence-corrected chi connectivity index (χ2v) is 4.88. The summed E-state index contributed by atoms with van der Waals surface area (Å²) in [7, 11) is 1.80. The molecule has 0 aromatic carbocycles. The fourth-order valence-electron chi connectivity index (χ4n) is 1.91. The Balaban J connectivity index is 2.26. The average Bonchev–Trinajstić information content (AvgIpc) is 2.36. The van der Waals surface area contributed by atoms with Gasteiger partial charge in [0.1, 0.15) is 18.0 Å². The van der Waals surface area contributed by atoms with Gasteiger partial charge in [0.05, 0.1) is 11.9 Å². The number of nitrogen functional groups attached to an aromatic ring is 1. The standard InChI is InChI=1S/C13H18N6O/c1-8(2)17-11(20)6-19(3)13-9-4-5-10(14)18-12(9)15-7-16-13/h4-5,7-8H,6H2,1-3H3,(H,17,20)(H2,14,15,16,18). The lowest BCUT2D eigenvalue weighted by Crippen LogP contribution is -2.38. The number of carbonyl (C=O) groups excluding carboxylic acids is 1. The number of pyridine rings is 1. The van der Waals surface area contributed by atoms with Gasteiger partial charge >= 0.3 is 0 Å². The number of likely N-dealkylation sites (N-methyl/N-ethyl adjacent to an activating group) is 1. The number of aromatic nitrogens is 3. The molecule has 0 radical (unpaired) electrons. The second kappa shape index (κ2) is 5.68. The van der Waals surface area contributed by atoms with Gasteiger partial charge in [-0.05, 0) is 26.0 Å². The monoisotopic (exact) mass is 274 g/mol. The maximum atomic E-state index is 11.8. The second-order valence-electron chi connectivity index (χ2n) is 4.88. The van der Waals surface area contributed by atoms with Gasteiger partial charge in [0, 0.05) is 13.1 Å². The predicted molar refractivity (Wildman–Crippen MR) is 78.3 cm³/mol. The normalized spacial score (nSPS) is 10.8. The average molecular weight is 274 g/mol. The lowest BCUT2D eigenvalue weighted by atomic mass is 10.3. The Kier molecular flexibility index (Phi) is 3.97. The van der Waals surface area contributed by atoms with Crippen LogP contribution in [0.1, 0.15) is 13.8 Å². The highest BCUT2D eigenvalue weighted by Gasteiger charge is 2.13. The molecular weight excluding hydrogens is 256 g/mol. The van der Waals surface area contributed by atoms with Crippen molar-refractivity contribution in [2.24, 2.45) is 0 Å². The SMILES string of the molecule is CC(C)NC(=O)CN(C)c1ncnc2nc(N)ccc12. The highest BCUT2D eigenvalue weighted by atomic mass is 16.2. The van der Waals surface area contributed by atoms with Crippen LogP contribution in [0.3, 0.4) is 0 Å². The van der Waals surface area contributed by atoms with E-state index in [0.717, 1.165) is 5.39 Å². The summed E-state index contributed by atoms with van der Waals surface area (Å²) in [6, 6.07) is 3.61. The maximum absolute atomic E-state index is 11.8. The number of hydrogen-bond acceptors (Lipinski definition) is 6. The van der Waals surface area contributed by atoms with Gasteiger partial charge in [0.15, 0.2) is 5.65 Å². The molecule has 20 heavy (non-hydrogen) atoms. The van der Waals surface area contributed by atoms with E-state index in [-0.39, 0.29) is 18.5 Å². The Morgan fingerprint density at radius 1 is 1.40 bits per heavy atom. The van der Waals surface area contributed by atoms with Crippen molar-refractivity contribution in [1.29, 1.82) is 0 Å². The molecule has 2 aromatic heterocycles. The molecule has 0 saturated carbocycles. The Morgan fingerprint density at radius 2 is 2.15 bits per heavy atom. The maximum Gasteiger partial charge on any atom is 0.239 e. The minimum absolute atomic E-state index is 0.0577. The van der Waals surface area contributed by atoms with Gasteiger partial charge in [0.2, 0.25) is 5.91 Å². The van der Waals surface area contributed by atoms with E-state index in [1.54, 1.807) is 18.0 Å². The van der Waals surface area contributed by atoms with Crippen LogP contribution in [-0.4, -0.2) is 40.5 Å². The third-order valence-corrected chi connectivity index (χ3v) is 2.69. The molecule has 0 aliphatic heterocycles. The van der Waals surface area contributed by atoms with E-state index in [0.29, 0.717) is 17.3 Å². The summed E-state index contributed by atoms with van der Waals surface area (Å²) in [6.07, 6.45) is 1.42. The van der Waals surface area contributed by atoms with Crippen LogP contribution in [0.15, 0.2) is 18.5 Å². The van der Waals surface area contributed by atoms with Crippen LogP contribution in [0.5, 0.6) is 0 Å². The van der Waals surface area contributed by atoms with Crippen molar-refractivity contribution in [3.63, 3.8) is 0 Å². The topological polar surface area (TPSA) is 97.0 Å². The van der Waals surface area contributed by atoms with Crippen LogP contribution < -0.4 is 16.0 Å². The summed E-state index contributed by atoms with van der Waals surface area (Å²) in [4.78, 5) is 26.0. The summed E-state index contributed by atoms with van der Waals surface area (Å²) in [6.45, 7) is 4.06. The first-order valence-electron chi connectivity index (χ1n) is 6.35. The molecule has 0 saturated heterocycles. The Labute approximate surface area is 117 Å². The lowest BCUT2D eigenvalue weighted by molar-refractivity contribution is -0.120. The highest BCUT2D eigenvalue weighted by Crippen LogP contribution is 2.21. The van der Waals surface area contributed by atoms with Crippen molar-refractivity contribution in [2.75, 3.05) is 24.2 Å². The molecule has 7 nitrogen and oxygen atoms in total. The van der Waals surface area contributed by atoms with E-state index in [4.69, 9.17) is 5.73 Å². The minimum Gasteiger partial charge on any atom is -0.384 e. The molecule has 3 N–H and O–H groups in total. The van der Waals surface area contributed by atoms with Crippen LogP contribution in [0, 0.1) is 0 Å². The van der Waals surface area contributed by atoms with Crippen LogP contribution in [0.25, 0.3) is 11.0 Å². The van der Waals surface area contributed by atoms with Gasteiger partial charge in [0.25, 0.3) is 0 Å². The number of carbonyl (C=O) groups is 1. The molecule has 0 bridgehead atoms. The van der Waals surface area contributed by atoms with E-state index in [1.807, 2.05) is 19.9 Å². The van der Waals surface area contributed by atoms with Crippen molar-refractivity contribution in [2.45, 2.75) is 19.9 Å². The fraction of sp³-hybridized carbons (Fsp3) is 0.385. The quantitative estimate of drug-likeness (QED) is 0.846. The zero-order valence-electron chi connectivity index (χ0n) is 11.8. The number of amides is 1. The van der Waals surface area contributed by atoms with Gasteiger partial charge in [-0.1, -0.05) is 0 Å². The van der Waals surface area contributed by atoms with Gasteiger partial charge in [-0.3, -0.25) is 4.79 Å². The molecule has 106 valence electrons. The van der Waals surface area contributed by atoms with E-state index >= 15 is 0 Å². The third kappa shape index (κ3) is 3.11. The number of hydrogen-bond donors (Lipinski definition) is 2. The van der Waals surface area contributed by atoms with Crippen molar-refractivity contribution in [3.8, 4) is 0 Å². The molecule has 0 spiro atoms. The molecule has 2 heterocycles. The predicted octanol–water partition coefficient (Wildman–Crippen LogP) is 0.568. The van der Waals surface area contributed by atoms with Gasteiger partial charge in [-0.15, -0.1) is 0 Å². The van der Waals surface area contributed by atoms with E-state index < -0.39 is 0 Å². The first-order chi connectivity index (χ1) is 9.47. The number of nitrogens with one attached hydrogen (secondary N) is 1. The van der Waals surface area contributed by atoms with Gasteiger partial charge in [-0.25, -0.2) is 15.0 Å². The first-order valence-corrected chi connectivity index (χ1v) is 6.35. The third-order valence-electron chi connectivity index (χ3n) is 2.69. The van der Waals surface area contributed by atoms with E-state index in [1.165, 1.54) is 6.33 Å². The zero-order valence-corrected chi connectivity index (χ0v) is 11.8. The molecular formula is C13H18N6O. The molecule has 0 aliphatic carbocycles. The van der Waals surface area contributed by atoms with Crippen LogP contribution >= 0.6 is 0 Å². The molecule has 2 rings (SSSR count). The van der Waals surface area contributed by atoms with E-state index in [2.05, 4.69) is 20.3 Å². The van der Waals surface area contributed by atoms with Crippen molar-refractivity contribution < 1.29 is 4.79 Å². The molecule has 2 aromatic rings.